The average Bonchev–Trinajstić information content (AvgIpc) is 2.82. The van der Waals surface area contributed by atoms with Crippen molar-refractivity contribution >= 4 is 11.9 Å². The van der Waals surface area contributed by atoms with Crippen LogP contribution in [0.25, 0.3) is 0 Å². The van der Waals surface area contributed by atoms with Crippen LogP contribution in [-0.2, 0) is 23.8 Å². The molecule has 0 amide bonds. The van der Waals surface area contributed by atoms with Gasteiger partial charge in [-0.3, -0.25) is 9.59 Å². The van der Waals surface area contributed by atoms with Crippen LogP contribution >= 0.6 is 0 Å². The molecule has 7 atom stereocenters. The summed E-state index contributed by atoms with van der Waals surface area (Å²) in [6, 6.07) is 0. The molecule has 2 bridgehead atoms. The first-order valence-electron chi connectivity index (χ1n) is 10.5. The van der Waals surface area contributed by atoms with E-state index in [0.29, 0.717) is 0 Å². The molecule has 2 aliphatic carbocycles. The van der Waals surface area contributed by atoms with Crippen LogP contribution < -0.4 is 0 Å². The van der Waals surface area contributed by atoms with Crippen molar-refractivity contribution in [3.63, 3.8) is 0 Å². The van der Waals surface area contributed by atoms with Crippen LogP contribution in [-0.4, -0.2) is 35.7 Å². The van der Waals surface area contributed by atoms with Gasteiger partial charge < -0.3 is 19.3 Å². The molecule has 0 radical (unpaired) electrons. The molecule has 2 heterocycles. The largest absolute Gasteiger partial charge is 0.435 e. The first-order chi connectivity index (χ1) is 13.0. The number of carbonyl (C=O) groups excluding carboxylic acids is 2. The summed E-state index contributed by atoms with van der Waals surface area (Å²) in [5.74, 6) is -0.849. The second kappa shape index (κ2) is 6.56. The number of esters is 2. The molecule has 28 heavy (non-hydrogen) atoms. The van der Waals surface area contributed by atoms with E-state index >= 15 is 0 Å². The Bertz CT molecular complexity index is 725. The highest BCUT2D eigenvalue weighted by atomic mass is 16.8. The van der Waals surface area contributed by atoms with Crippen LogP contribution in [0.1, 0.15) is 66.7 Å². The van der Waals surface area contributed by atoms with Crippen LogP contribution in [0.2, 0.25) is 0 Å². The summed E-state index contributed by atoms with van der Waals surface area (Å²) in [5, 5.41) is 10.9. The van der Waals surface area contributed by atoms with Gasteiger partial charge in [0.1, 0.15) is 0 Å². The van der Waals surface area contributed by atoms with Crippen molar-refractivity contribution in [1.29, 1.82) is 0 Å². The molecule has 7 unspecified atom stereocenters. The van der Waals surface area contributed by atoms with Crippen LogP contribution in [0.5, 0.6) is 0 Å². The van der Waals surface area contributed by atoms with E-state index in [2.05, 4.69) is 27.7 Å². The topological polar surface area (TPSA) is 82.1 Å². The molecule has 2 fully saturated rings. The number of carbonyl (C=O) groups is 2. The lowest BCUT2D eigenvalue weighted by Gasteiger charge is -2.53. The van der Waals surface area contributed by atoms with Crippen molar-refractivity contribution in [2.24, 2.45) is 28.6 Å². The van der Waals surface area contributed by atoms with E-state index in [0.717, 1.165) is 25.7 Å². The lowest BCUT2D eigenvalue weighted by Crippen LogP contribution is -2.51. The highest BCUT2D eigenvalue weighted by molar-refractivity contribution is 5.71. The summed E-state index contributed by atoms with van der Waals surface area (Å²) in [4.78, 5) is 23.6. The highest BCUT2D eigenvalue weighted by Crippen LogP contribution is 2.61. The highest BCUT2D eigenvalue weighted by Gasteiger charge is 2.62. The molecule has 0 saturated carbocycles. The summed E-state index contributed by atoms with van der Waals surface area (Å²) < 4.78 is 16.8. The smallest absolute Gasteiger partial charge is 0.308 e. The Balaban J connectivity index is 1.70. The van der Waals surface area contributed by atoms with Gasteiger partial charge in [-0.2, -0.15) is 0 Å². The quantitative estimate of drug-likeness (QED) is 0.573. The number of allylic oxidation sites excluding steroid dienone is 1. The van der Waals surface area contributed by atoms with Gasteiger partial charge in [0, 0.05) is 18.8 Å². The summed E-state index contributed by atoms with van der Waals surface area (Å²) in [6.45, 7) is 10.3. The van der Waals surface area contributed by atoms with Crippen LogP contribution in [0.3, 0.4) is 0 Å². The average molecular weight is 392 g/mol. The monoisotopic (exact) mass is 392 g/mol. The molecule has 6 heteroatoms. The van der Waals surface area contributed by atoms with Crippen LogP contribution in [0.4, 0.5) is 0 Å². The fourth-order valence-corrected chi connectivity index (χ4v) is 6.31. The minimum Gasteiger partial charge on any atom is -0.435 e. The molecular formula is C22H32O6. The summed E-state index contributed by atoms with van der Waals surface area (Å²) >= 11 is 0. The molecule has 0 spiro atoms. The Hall–Kier alpha value is -1.40. The number of ether oxygens (including phenoxy) is 3. The van der Waals surface area contributed by atoms with E-state index < -0.39 is 24.7 Å². The normalized spacial score (nSPS) is 44.7. The second-order valence-electron chi connectivity index (χ2n) is 9.97. The lowest BCUT2D eigenvalue weighted by molar-refractivity contribution is -0.214. The van der Waals surface area contributed by atoms with E-state index in [1.807, 2.05) is 0 Å². The number of aliphatic hydroxyl groups is 1. The maximum atomic E-state index is 12.0. The van der Waals surface area contributed by atoms with Gasteiger partial charge >= 0.3 is 11.9 Å². The van der Waals surface area contributed by atoms with Gasteiger partial charge in [-0.1, -0.05) is 33.3 Å². The molecule has 156 valence electrons. The summed E-state index contributed by atoms with van der Waals surface area (Å²) in [7, 11) is 0. The third-order valence-electron chi connectivity index (χ3n) is 8.00. The SMILES string of the molecule is CC(=O)OC1OC2OC(=O)CC1C2C1(C)CCC2=C(C(O)CCC2(C)C)C1C. The predicted molar refractivity (Wildman–Crippen MR) is 101 cm³/mol. The zero-order chi connectivity index (χ0) is 20.4. The Morgan fingerprint density at radius 1 is 1.25 bits per heavy atom. The Morgan fingerprint density at radius 3 is 2.64 bits per heavy atom. The Morgan fingerprint density at radius 2 is 1.96 bits per heavy atom. The first-order valence-corrected chi connectivity index (χ1v) is 10.5. The number of rotatable bonds is 2. The van der Waals surface area contributed by atoms with Crippen molar-refractivity contribution in [2.75, 3.05) is 0 Å². The van der Waals surface area contributed by atoms with E-state index in [1.54, 1.807) is 0 Å². The van der Waals surface area contributed by atoms with Crippen LogP contribution in [0.15, 0.2) is 11.1 Å². The van der Waals surface area contributed by atoms with Gasteiger partial charge in [-0.25, -0.2) is 0 Å². The molecule has 2 saturated heterocycles. The van der Waals surface area contributed by atoms with Crippen molar-refractivity contribution in [3.8, 4) is 0 Å². The fourth-order valence-electron chi connectivity index (χ4n) is 6.31. The molecule has 4 rings (SSSR count). The third kappa shape index (κ3) is 2.91. The number of fused-ring (bicyclic) bond motifs is 2. The van der Waals surface area contributed by atoms with Gasteiger partial charge in [0.25, 0.3) is 0 Å². The zero-order valence-electron chi connectivity index (χ0n) is 17.5. The molecule has 0 aromatic rings. The van der Waals surface area contributed by atoms with Crippen molar-refractivity contribution in [2.45, 2.75) is 85.4 Å². The predicted octanol–water partition coefficient (Wildman–Crippen LogP) is 3.32. The minimum absolute atomic E-state index is 0.0594. The summed E-state index contributed by atoms with van der Waals surface area (Å²) in [5.41, 5.74) is 2.47. The van der Waals surface area contributed by atoms with E-state index in [9.17, 15) is 14.7 Å². The molecule has 4 aliphatic rings. The maximum absolute atomic E-state index is 12.0. The zero-order valence-corrected chi connectivity index (χ0v) is 17.5. The fraction of sp³-hybridized carbons (Fsp3) is 0.818. The Kier molecular flexibility index (Phi) is 4.66. The minimum atomic E-state index is -0.744. The molecule has 2 aliphatic heterocycles. The van der Waals surface area contributed by atoms with Crippen molar-refractivity contribution in [3.05, 3.63) is 11.1 Å². The molecule has 0 aromatic heterocycles. The number of aliphatic hydroxyl groups excluding tert-OH is 1. The van der Waals surface area contributed by atoms with Crippen molar-refractivity contribution in [1.82, 2.24) is 0 Å². The standard InChI is InChI=1S/C22H32O6/c1-11-17-14(21(3,4)8-7-15(17)24)6-9-22(11,5)18-13-10-16(25)27-20(18)28-19(13)26-12(2)23/h11,13,15,18-20,24H,6-10H2,1-5H3. The second-order valence-corrected chi connectivity index (χ2v) is 9.97. The number of hydrogen-bond acceptors (Lipinski definition) is 6. The van der Waals surface area contributed by atoms with Gasteiger partial charge in [-0.05, 0) is 48.0 Å². The van der Waals surface area contributed by atoms with E-state index in [-0.39, 0.29) is 41.0 Å². The molecular weight excluding hydrogens is 360 g/mol. The van der Waals surface area contributed by atoms with Gasteiger partial charge in [0.05, 0.1) is 12.5 Å². The summed E-state index contributed by atoms with van der Waals surface area (Å²) in [6.07, 6.45) is 2.00. The lowest BCUT2D eigenvalue weighted by atomic mass is 9.52. The van der Waals surface area contributed by atoms with Crippen LogP contribution in [0, 0.1) is 28.6 Å². The van der Waals surface area contributed by atoms with Gasteiger partial charge in [-0.15, -0.1) is 0 Å². The molecule has 0 aromatic carbocycles. The maximum Gasteiger partial charge on any atom is 0.308 e. The molecule has 6 nitrogen and oxygen atoms in total. The number of hydrogen-bond donors (Lipinski definition) is 1. The third-order valence-corrected chi connectivity index (χ3v) is 8.00. The van der Waals surface area contributed by atoms with Crippen molar-refractivity contribution < 1.29 is 28.9 Å². The van der Waals surface area contributed by atoms with Gasteiger partial charge in [0.15, 0.2) is 0 Å². The molecule has 1 N–H and O–H groups in total. The van der Waals surface area contributed by atoms with Gasteiger partial charge in [0.2, 0.25) is 12.6 Å². The Labute approximate surface area is 166 Å². The van der Waals surface area contributed by atoms with E-state index in [1.165, 1.54) is 18.1 Å². The van der Waals surface area contributed by atoms with E-state index in [4.69, 9.17) is 14.2 Å². The first kappa shape index (κ1) is 19.9.